The van der Waals surface area contributed by atoms with Gasteiger partial charge in [-0.15, -0.1) is 0 Å². The van der Waals surface area contributed by atoms with Crippen molar-refractivity contribution in [2.45, 2.75) is 26.2 Å². The van der Waals surface area contributed by atoms with E-state index < -0.39 is 17.2 Å². The quantitative estimate of drug-likeness (QED) is 0.599. The highest BCUT2D eigenvalue weighted by Crippen LogP contribution is 2.42. The van der Waals surface area contributed by atoms with Crippen LogP contribution in [0, 0.1) is 11.3 Å². The lowest BCUT2D eigenvalue weighted by atomic mass is 9.79. The van der Waals surface area contributed by atoms with E-state index in [0.717, 1.165) is 6.42 Å². The molecule has 0 aromatic heterocycles. The summed E-state index contributed by atoms with van der Waals surface area (Å²) in [5, 5.41) is 0. The molecule has 1 saturated carbocycles. The maximum atomic E-state index is 11.1. The van der Waals surface area contributed by atoms with Gasteiger partial charge in [0.25, 0.3) is 0 Å². The molecule has 1 rings (SSSR count). The van der Waals surface area contributed by atoms with Crippen molar-refractivity contribution < 1.29 is 9.59 Å². The fraction of sp³-hybridized carbons (Fsp3) is 0.750. The molecule has 4 heteroatoms. The number of carbonyl (C=O) groups is 2. The molecule has 68 valence electrons. The summed E-state index contributed by atoms with van der Waals surface area (Å²) < 4.78 is 0. The molecule has 0 saturated heterocycles. The van der Waals surface area contributed by atoms with E-state index in [1.165, 1.54) is 0 Å². The molecule has 0 bridgehead atoms. The third kappa shape index (κ3) is 1.17. The van der Waals surface area contributed by atoms with Gasteiger partial charge in [0.1, 0.15) is 0 Å². The lowest BCUT2D eigenvalue weighted by molar-refractivity contribution is -0.135. The Bertz CT molecular complexity index is 227. The molecule has 1 fully saturated rings. The van der Waals surface area contributed by atoms with Crippen molar-refractivity contribution in [1.82, 2.24) is 0 Å². The number of carbonyl (C=O) groups excluding carboxylic acids is 2. The molecule has 0 aromatic carbocycles. The van der Waals surface area contributed by atoms with E-state index in [1.54, 1.807) is 6.92 Å². The van der Waals surface area contributed by atoms with Crippen LogP contribution >= 0.6 is 0 Å². The number of nitrogens with two attached hydrogens (primary N) is 2. The second-order valence-electron chi connectivity index (χ2n) is 3.63. The van der Waals surface area contributed by atoms with Crippen LogP contribution in [0.3, 0.4) is 0 Å². The van der Waals surface area contributed by atoms with E-state index in [0.29, 0.717) is 12.8 Å². The summed E-state index contributed by atoms with van der Waals surface area (Å²) in [6.45, 7) is 1.72. The van der Waals surface area contributed by atoms with Crippen LogP contribution in [0.2, 0.25) is 0 Å². The van der Waals surface area contributed by atoms with Crippen LogP contribution < -0.4 is 11.5 Å². The van der Waals surface area contributed by atoms with E-state index in [4.69, 9.17) is 11.5 Å². The van der Waals surface area contributed by atoms with Crippen molar-refractivity contribution in [3.8, 4) is 0 Å². The van der Waals surface area contributed by atoms with Crippen LogP contribution in [-0.2, 0) is 9.59 Å². The number of hydrogen-bond donors (Lipinski definition) is 2. The molecular weight excluding hydrogens is 156 g/mol. The SMILES string of the molecule is CC1(C(N)=O)CCCC1C(N)=O. The maximum absolute atomic E-state index is 11.1. The molecule has 2 amide bonds. The van der Waals surface area contributed by atoms with Crippen molar-refractivity contribution in [2.75, 3.05) is 0 Å². The summed E-state index contributed by atoms with van der Waals surface area (Å²) in [6.07, 6.45) is 2.22. The molecule has 0 aliphatic heterocycles. The molecule has 4 nitrogen and oxygen atoms in total. The van der Waals surface area contributed by atoms with Crippen molar-refractivity contribution in [3.05, 3.63) is 0 Å². The number of hydrogen-bond acceptors (Lipinski definition) is 2. The lowest BCUT2D eigenvalue weighted by Crippen LogP contribution is -2.42. The fourth-order valence-electron chi connectivity index (χ4n) is 1.92. The number of rotatable bonds is 2. The second-order valence-corrected chi connectivity index (χ2v) is 3.63. The molecule has 1 aliphatic rings. The predicted molar refractivity (Wildman–Crippen MR) is 43.8 cm³/mol. The van der Waals surface area contributed by atoms with Gasteiger partial charge in [-0.1, -0.05) is 6.42 Å². The average molecular weight is 170 g/mol. The molecule has 0 heterocycles. The minimum absolute atomic E-state index is 0.366. The summed E-state index contributed by atoms with van der Waals surface area (Å²) in [7, 11) is 0. The van der Waals surface area contributed by atoms with Gasteiger partial charge in [-0.25, -0.2) is 0 Å². The van der Waals surface area contributed by atoms with Crippen molar-refractivity contribution in [2.24, 2.45) is 22.8 Å². The Morgan fingerprint density at radius 3 is 2.33 bits per heavy atom. The standard InChI is InChI=1S/C8H14N2O2/c1-8(7(10)12)4-2-3-5(8)6(9)11/h5H,2-4H2,1H3,(H2,9,11)(H2,10,12). The maximum Gasteiger partial charge on any atom is 0.224 e. The van der Waals surface area contributed by atoms with Crippen molar-refractivity contribution in [1.29, 1.82) is 0 Å². The number of primary amides is 2. The predicted octanol–water partition coefficient (Wildman–Crippen LogP) is -0.237. The van der Waals surface area contributed by atoms with E-state index in [1.807, 2.05) is 0 Å². The molecule has 0 aromatic rings. The van der Waals surface area contributed by atoms with E-state index in [-0.39, 0.29) is 5.92 Å². The normalized spacial score (nSPS) is 34.9. The average Bonchev–Trinajstić information content (AvgIpc) is 2.32. The smallest absolute Gasteiger partial charge is 0.224 e. The Balaban J connectivity index is 2.89. The first kappa shape index (κ1) is 9.03. The summed E-state index contributed by atoms with van der Waals surface area (Å²) in [4.78, 5) is 22.0. The van der Waals surface area contributed by atoms with Crippen LogP contribution in [0.4, 0.5) is 0 Å². The topological polar surface area (TPSA) is 86.2 Å². The minimum Gasteiger partial charge on any atom is -0.369 e. The van der Waals surface area contributed by atoms with Gasteiger partial charge in [-0.2, -0.15) is 0 Å². The van der Waals surface area contributed by atoms with E-state index >= 15 is 0 Å². The molecular formula is C8H14N2O2. The largest absolute Gasteiger partial charge is 0.369 e. The molecule has 0 spiro atoms. The van der Waals surface area contributed by atoms with Gasteiger partial charge in [0.15, 0.2) is 0 Å². The Hall–Kier alpha value is -1.06. The molecule has 0 radical (unpaired) electrons. The van der Waals surface area contributed by atoms with Crippen molar-refractivity contribution >= 4 is 11.8 Å². The summed E-state index contributed by atoms with van der Waals surface area (Å²) >= 11 is 0. The highest BCUT2D eigenvalue weighted by molar-refractivity contribution is 5.89. The zero-order valence-corrected chi connectivity index (χ0v) is 7.17. The molecule has 12 heavy (non-hydrogen) atoms. The van der Waals surface area contributed by atoms with Crippen LogP contribution in [0.15, 0.2) is 0 Å². The Morgan fingerprint density at radius 1 is 1.42 bits per heavy atom. The molecule has 1 aliphatic carbocycles. The van der Waals surface area contributed by atoms with E-state index in [2.05, 4.69) is 0 Å². The van der Waals surface area contributed by atoms with Crippen LogP contribution in [-0.4, -0.2) is 11.8 Å². The van der Waals surface area contributed by atoms with Gasteiger partial charge in [0, 0.05) is 0 Å². The van der Waals surface area contributed by atoms with Gasteiger partial charge < -0.3 is 11.5 Å². The highest BCUT2D eigenvalue weighted by atomic mass is 16.2. The first-order valence-corrected chi connectivity index (χ1v) is 4.07. The third-order valence-electron chi connectivity index (χ3n) is 2.86. The zero-order valence-electron chi connectivity index (χ0n) is 7.17. The van der Waals surface area contributed by atoms with Crippen molar-refractivity contribution in [3.63, 3.8) is 0 Å². The summed E-state index contributed by atoms with van der Waals surface area (Å²) in [5.74, 6) is -1.19. The van der Waals surface area contributed by atoms with Crippen LogP contribution in [0.25, 0.3) is 0 Å². The fourth-order valence-corrected chi connectivity index (χ4v) is 1.92. The molecule has 2 unspecified atom stereocenters. The second kappa shape index (κ2) is 2.77. The highest BCUT2D eigenvalue weighted by Gasteiger charge is 2.46. The van der Waals surface area contributed by atoms with Gasteiger partial charge in [-0.05, 0) is 19.8 Å². The van der Waals surface area contributed by atoms with Crippen LogP contribution in [0.5, 0.6) is 0 Å². The van der Waals surface area contributed by atoms with Crippen LogP contribution in [0.1, 0.15) is 26.2 Å². The van der Waals surface area contributed by atoms with Gasteiger partial charge in [0.05, 0.1) is 11.3 Å². The lowest BCUT2D eigenvalue weighted by Gasteiger charge is -2.25. The van der Waals surface area contributed by atoms with Gasteiger partial charge in [-0.3, -0.25) is 9.59 Å². The van der Waals surface area contributed by atoms with Gasteiger partial charge >= 0.3 is 0 Å². The number of amides is 2. The van der Waals surface area contributed by atoms with E-state index in [9.17, 15) is 9.59 Å². The first-order valence-electron chi connectivity index (χ1n) is 4.07. The Kier molecular flexibility index (Phi) is 2.08. The zero-order chi connectivity index (χ0) is 9.35. The Morgan fingerprint density at radius 2 is 2.00 bits per heavy atom. The third-order valence-corrected chi connectivity index (χ3v) is 2.86. The minimum atomic E-state index is -0.703. The molecule has 2 atom stereocenters. The Labute approximate surface area is 71.3 Å². The summed E-state index contributed by atoms with van der Waals surface area (Å²) in [5.41, 5.74) is 9.68. The first-order chi connectivity index (χ1) is 5.48. The van der Waals surface area contributed by atoms with Gasteiger partial charge in [0.2, 0.25) is 11.8 Å². The monoisotopic (exact) mass is 170 g/mol. The summed E-state index contributed by atoms with van der Waals surface area (Å²) in [6, 6.07) is 0. The molecule has 4 N–H and O–H groups in total.